The monoisotopic (exact) mass is 190 g/mol. The molecule has 4 nitrogen and oxygen atoms in total. The van der Waals surface area contributed by atoms with Crippen molar-refractivity contribution in [3.63, 3.8) is 0 Å². The van der Waals surface area contributed by atoms with Gasteiger partial charge in [0.25, 0.3) is 0 Å². The van der Waals surface area contributed by atoms with Crippen LogP contribution in [0.15, 0.2) is 0 Å². The van der Waals surface area contributed by atoms with Crippen molar-refractivity contribution < 1.29 is 19.8 Å². The van der Waals surface area contributed by atoms with Gasteiger partial charge in [0.1, 0.15) is 5.25 Å². The lowest BCUT2D eigenvalue weighted by atomic mass is 9.99. The van der Waals surface area contributed by atoms with Crippen LogP contribution in [0.25, 0.3) is 0 Å². The first-order valence-electron chi connectivity index (χ1n) is 3.70. The van der Waals surface area contributed by atoms with E-state index in [4.69, 9.17) is 10.2 Å². The van der Waals surface area contributed by atoms with Crippen molar-refractivity contribution in [2.45, 2.75) is 18.1 Å². The van der Waals surface area contributed by atoms with Gasteiger partial charge in [-0.15, -0.1) is 11.8 Å². The third-order valence-electron chi connectivity index (χ3n) is 1.88. The average molecular weight is 190 g/mol. The summed E-state index contributed by atoms with van der Waals surface area (Å²) >= 11 is 1.23. The lowest BCUT2D eigenvalue weighted by Gasteiger charge is -2.24. The van der Waals surface area contributed by atoms with E-state index in [1.807, 2.05) is 0 Å². The van der Waals surface area contributed by atoms with E-state index < -0.39 is 23.1 Å². The number of carbonyl (C=O) groups is 2. The molecule has 0 aromatic carbocycles. The minimum Gasteiger partial charge on any atom is -0.481 e. The van der Waals surface area contributed by atoms with Gasteiger partial charge in [-0.05, 0) is 18.6 Å². The zero-order valence-corrected chi connectivity index (χ0v) is 7.21. The molecule has 2 atom stereocenters. The van der Waals surface area contributed by atoms with E-state index >= 15 is 0 Å². The molecule has 5 heteroatoms. The van der Waals surface area contributed by atoms with Gasteiger partial charge in [-0.25, -0.2) is 0 Å². The van der Waals surface area contributed by atoms with Crippen LogP contribution in [0.3, 0.4) is 0 Å². The fourth-order valence-corrected chi connectivity index (χ4v) is 2.49. The van der Waals surface area contributed by atoms with Gasteiger partial charge >= 0.3 is 11.9 Å². The Morgan fingerprint density at radius 3 is 2.33 bits per heavy atom. The van der Waals surface area contributed by atoms with Crippen LogP contribution in [0.4, 0.5) is 0 Å². The molecule has 0 amide bonds. The molecular weight excluding hydrogens is 180 g/mol. The molecule has 68 valence electrons. The first kappa shape index (κ1) is 9.38. The van der Waals surface area contributed by atoms with Crippen molar-refractivity contribution in [3.8, 4) is 0 Å². The van der Waals surface area contributed by atoms with E-state index in [-0.39, 0.29) is 0 Å². The van der Waals surface area contributed by atoms with Gasteiger partial charge in [-0.2, -0.15) is 0 Å². The molecule has 1 saturated heterocycles. The molecule has 0 spiro atoms. The van der Waals surface area contributed by atoms with Gasteiger partial charge in [-0.1, -0.05) is 0 Å². The van der Waals surface area contributed by atoms with Gasteiger partial charge in [0.15, 0.2) is 0 Å². The molecule has 2 unspecified atom stereocenters. The number of hydrogen-bond donors (Lipinski definition) is 2. The first-order chi connectivity index (χ1) is 5.63. The zero-order chi connectivity index (χ0) is 9.14. The third kappa shape index (κ3) is 1.91. The average Bonchev–Trinajstić information content (AvgIpc) is 2.04. The maximum atomic E-state index is 10.6. The summed E-state index contributed by atoms with van der Waals surface area (Å²) in [5.74, 6) is -1.95. The molecule has 1 rings (SSSR count). The summed E-state index contributed by atoms with van der Waals surface area (Å²) in [6, 6.07) is 0. The molecule has 1 heterocycles. The lowest BCUT2D eigenvalue weighted by Crippen LogP contribution is -2.35. The topological polar surface area (TPSA) is 74.6 Å². The van der Waals surface area contributed by atoms with Gasteiger partial charge in [-0.3, -0.25) is 9.59 Å². The van der Waals surface area contributed by atoms with Crippen LogP contribution in [0.2, 0.25) is 0 Å². The number of aliphatic carboxylic acids is 2. The van der Waals surface area contributed by atoms with Crippen molar-refractivity contribution in [1.82, 2.24) is 0 Å². The van der Waals surface area contributed by atoms with Crippen LogP contribution in [0, 0.1) is 5.92 Å². The fraction of sp³-hybridized carbons (Fsp3) is 0.714. The van der Waals surface area contributed by atoms with Crippen LogP contribution in [0.1, 0.15) is 12.8 Å². The summed E-state index contributed by atoms with van der Waals surface area (Å²) in [6.45, 7) is 0. The Balaban J connectivity index is 2.67. The Labute approximate surface area is 74.0 Å². The molecular formula is C7H10O4S. The minimum absolute atomic E-state index is 0.485. The zero-order valence-electron chi connectivity index (χ0n) is 6.40. The van der Waals surface area contributed by atoms with Crippen LogP contribution >= 0.6 is 11.8 Å². The van der Waals surface area contributed by atoms with Crippen molar-refractivity contribution in [1.29, 1.82) is 0 Å². The molecule has 1 aliphatic rings. The summed E-state index contributed by atoms with van der Waals surface area (Å²) in [4.78, 5) is 21.2. The Morgan fingerprint density at radius 1 is 1.25 bits per heavy atom. The van der Waals surface area contributed by atoms with Crippen molar-refractivity contribution in [2.75, 3.05) is 5.75 Å². The summed E-state index contributed by atoms with van der Waals surface area (Å²) in [7, 11) is 0. The second kappa shape index (κ2) is 3.80. The van der Waals surface area contributed by atoms with Crippen LogP contribution in [-0.2, 0) is 9.59 Å². The highest BCUT2D eigenvalue weighted by Crippen LogP contribution is 2.30. The highest BCUT2D eigenvalue weighted by atomic mass is 32.2. The van der Waals surface area contributed by atoms with E-state index in [2.05, 4.69) is 0 Å². The molecule has 1 aliphatic heterocycles. The van der Waals surface area contributed by atoms with Crippen molar-refractivity contribution in [3.05, 3.63) is 0 Å². The quantitative estimate of drug-likeness (QED) is 0.669. The Kier molecular flexibility index (Phi) is 2.97. The van der Waals surface area contributed by atoms with E-state index in [1.54, 1.807) is 0 Å². The number of carboxylic acids is 2. The van der Waals surface area contributed by atoms with Crippen molar-refractivity contribution in [2.24, 2.45) is 5.92 Å². The standard InChI is InChI=1S/C7H10O4S/c8-6(9)4-2-1-3-12-5(4)7(10)11/h4-5H,1-3H2,(H,8,9)(H,10,11). The second-order valence-corrected chi connectivity index (χ2v) is 3.97. The number of carboxylic acid groups (broad SMARTS) is 2. The number of hydrogen-bond acceptors (Lipinski definition) is 3. The van der Waals surface area contributed by atoms with Gasteiger partial charge in [0, 0.05) is 0 Å². The molecule has 0 radical (unpaired) electrons. The van der Waals surface area contributed by atoms with E-state index in [0.29, 0.717) is 6.42 Å². The SMILES string of the molecule is O=C(O)C1CCCSC1C(=O)O. The summed E-state index contributed by atoms with van der Waals surface area (Å²) in [5, 5.41) is 16.6. The molecule has 1 fully saturated rings. The largest absolute Gasteiger partial charge is 0.481 e. The third-order valence-corrected chi connectivity index (χ3v) is 3.30. The Bertz CT molecular complexity index is 182. The molecule has 2 N–H and O–H groups in total. The number of thioether (sulfide) groups is 1. The van der Waals surface area contributed by atoms with Gasteiger partial charge in [0.2, 0.25) is 0 Å². The van der Waals surface area contributed by atoms with Gasteiger partial charge in [0.05, 0.1) is 5.92 Å². The fourth-order valence-electron chi connectivity index (χ4n) is 1.28. The second-order valence-electron chi connectivity index (χ2n) is 2.72. The maximum Gasteiger partial charge on any atom is 0.317 e. The van der Waals surface area contributed by atoms with Gasteiger partial charge < -0.3 is 10.2 Å². The van der Waals surface area contributed by atoms with Crippen molar-refractivity contribution >= 4 is 23.7 Å². The van der Waals surface area contributed by atoms with Crippen LogP contribution in [-0.4, -0.2) is 33.2 Å². The Morgan fingerprint density at radius 2 is 1.92 bits per heavy atom. The van der Waals surface area contributed by atoms with Crippen LogP contribution < -0.4 is 0 Å². The molecule has 12 heavy (non-hydrogen) atoms. The molecule has 0 aromatic heterocycles. The predicted molar refractivity (Wildman–Crippen MR) is 44.2 cm³/mol. The maximum absolute atomic E-state index is 10.6. The molecule has 0 saturated carbocycles. The summed E-state index contributed by atoms with van der Waals surface area (Å²) < 4.78 is 0. The Hall–Kier alpha value is -0.710. The molecule has 0 bridgehead atoms. The summed E-state index contributed by atoms with van der Waals surface area (Å²) in [5.41, 5.74) is 0. The van der Waals surface area contributed by atoms with E-state index in [0.717, 1.165) is 12.2 Å². The lowest BCUT2D eigenvalue weighted by molar-refractivity contribution is -0.147. The molecule has 0 aliphatic carbocycles. The smallest absolute Gasteiger partial charge is 0.317 e. The van der Waals surface area contributed by atoms with E-state index in [1.165, 1.54) is 11.8 Å². The predicted octanol–water partition coefficient (Wildman–Crippen LogP) is 0.667. The minimum atomic E-state index is -1.01. The normalized spacial score (nSPS) is 29.7. The summed E-state index contributed by atoms with van der Waals surface area (Å²) in [6.07, 6.45) is 1.28. The molecule has 0 aromatic rings. The number of rotatable bonds is 2. The van der Waals surface area contributed by atoms with E-state index in [9.17, 15) is 9.59 Å². The highest BCUT2D eigenvalue weighted by molar-refractivity contribution is 8.00. The highest BCUT2D eigenvalue weighted by Gasteiger charge is 2.36. The first-order valence-corrected chi connectivity index (χ1v) is 4.75. The van der Waals surface area contributed by atoms with Crippen LogP contribution in [0.5, 0.6) is 0 Å².